The van der Waals surface area contributed by atoms with E-state index in [4.69, 9.17) is 4.74 Å². The van der Waals surface area contributed by atoms with Crippen molar-refractivity contribution >= 4 is 5.97 Å². The molecular weight excluding hydrogens is 415 g/mol. The summed E-state index contributed by atoms with van der Waals surface area (Å²) in [7, 11) is 0. The van der Waals surface area contributed by atoms with E-state index < -0.39 is 5.97 Å². The van der Waals surface area contributed by atoms with E-state index in [9.17, 15) is 9.90 Å². The van der Waals surface area contributed by atoms with E-state index in [0.717, 1.165) is 34.8 Å². The quantitative estimate of drug-likeness (QED) is 0.204. The zero-order chi connectivity index (χ0) is 23.6. The van der Waals surface area contributed by atoms with Crippen molar-refractivity contribution < 1.29 is 19.0 Å². The molecule has 0 aromatic heterocycles. The highest BCUT2D eigenvalue weighted by Gasteiger charge is 2.12. The van der Waals surface area contributed by atoms with Gasteiger partial charge in [-0.25, -0.2) is 9.18 Å². The highest BCUT2D eigenvalue weighted by atomic mass is 19.1. The predicted octanol–water partition coefficient (Wildman–Crippen LogP) is 6.66. The second kappa shape index (κ2) is 12.1. The van der Waals surface area contributed by atoms with Crippen molar-refractivity contribution in [2.24, 2.45) is 0 Å². The number of hydrogen-bond acceptors (Lipinski definition) is 3. The number of aliphatic hydroxyl groups excluding tert-OH is 1. The average molecular weight is 447 g/mol. The standard InChI is InChI=1S/C29H31FO3/c1-3-5-6-7-21-8-10-22(11-9-21)24-14-15-27(28(30)19-24)25-13-12-23(16-17-31)26(18-25)20-33-29(32)4-2/h4,8-15,18-19,31H,2-3,5-7,16-17,20H2,1H3. The molecule has 0 bridgehead atoms. The van der Waals surface area contributed by atoms with Crippen LogP contribution in [-0.4, -0.2) is 17.7 Å². The summed E-state index contributed by atoms with van der Waals surface area (Å²) in [4.78, 5) is 11.5. The lowest BCUT2D eigenvalue weighted by atomic mass is 9.95. The topological polar surface area (TPSA) is 46.5 Å². The van der Waals surface area contributed by atoms with Crippen LogP contribution in [0.5, 0.6) is 0 Å². The first-order valence-corrected chi connectivity index (χ1v) is 11.5. The number of aryl methyl sites for hydroxylation is 1. The van der Waals surface area contributed by atoms with Gasteiger partial charge in [0.25, 0.3) is 0 Å². The van der Waals surface area contributed by atoms with Crippen LogP contribution in [0.1, 0.15) is 42.9 Å². The summed E-state index contributed by atoms with van der Waals surface area (Å²) in [5, 5.41) is 9.32. The van der Waals surface area contributed by atoms with E-state index in [-0.39, 0.29) is 19.0 Å². The van der Waals surface area contributed by atoms with Crippen LogP contribution in [0, 0.1) is 5.82 Å². The number of esters is 1. The Morgan fingerprint density at radius 3 is 2.33 bits per heavy atom. The number of unbranched alkanes of at least 4 members (excludes halogenated alkanes) is 2. The number of carbonyl (C=O) groups is 1. The lowest BCUT2D eigenvalue weighted by Crippen LogP contribution is -2.04. The lowest BCUT2D eigenvalue weighted by Gasteiger charge is -2.13. The third-order valence-electron chi connectivity index (χ3n) is 5.76. The first-order valence-electron chi connectivity index (χ1n) is 11.5. The number of aliphatic hydroxyl groups is 1. The molecule has 172 valence electrons. The molecule has 3 nitrogen and oxygen atoms in total. The van der Waals surface area contributed by atoms with Gasteiger partial charge >= 0.3 is 5.97 Å². The molecule has 0 atom stereocenters. The van der Waals surface area contributed by atoms with E-state index in [0.29, 0.717) is 17.5 Å². The predicted molar refractivity (Wildman–Crippen MR) is 131 cm³/mol. The number of ether oxygens (including phenoxy) is 1. The van der Waals surface area contributed by atoms with E-state index in [1.54, 1.807) is 12.1 Å². The average Bonchev–Trinajstić information content (AvgIpc) is 2.84. The molecule has 3 aromatic rings. The number of rotatable bonds is 11. The summed E-state index contributed by atoms with van der Waals surface area (Å²) >= 11 is 0. The molecule has 0 saturated carbocycles. The lowest BCUT2D eigenvalue weighted by molar-refractivity contribution is -0.138. The summed E-state index contributed by atoms with van der Waals surface area (Å²) in [6.45, 7) is 5.61. The fourth-order valence-electron chi connectivity index (χ4n) is 3.87. The van der Waals surface area contributed by atoms with E-state index in [1.165, 1.54) is 24.8 Å². The molecule has 4 heteroatoms. The van der Waals surface area contributed by atoms with Crippen LogP contribution in [-0.2, 0) is 29.0 Å². The SMILES string of the molecule is C=CC(=O)OCc1cc(-c2ccc(-c3ccc(CCCCC)cc3)cc2F)ccc1CCO. The van der Waals surface area contributed by atoms with Crippen LogP contribution >= 0.6 is 0 Å². The molecule has 0 amide bonds. The van der Waals surface area contributed by atoms with Gasteiger partial charge in [-0.15, -0.1) is 0 Å². The monoisotopic (exact) mass is 446 g/mol. The molecule has 0 aliphatic carbocycles. The minimum absolute atomic E-state index is 0.0256. The maximum Gasteiger partial charge on any atom is 0.330 e. The number of hydrogen-bond donors (Lipinski definition) is 1. The van der Waals surface area contributed by atoms with Gasteiger partial charge in [0.1, 0.15) is 12.4 Å². The zero-order valence-electron chi connectivity index (χ0n) is 19.1. The Kier molecular flexibility index (Phi) is 8.96. The van der Waals surface area contributed by atoms with Crippen molar-refractivity contribution in [1.82, 2.24) is 0 Å². The van der Waals surface area contributed by atoms with Gasteiger partial charge in [-0.2, -0.15) is 0 Å². The highest BCUT2D eigenvalue weighted by Crippen LogP contribution is 2.30. The van der Waals surface area contributed by atoms with Gasteiger partial charge in [0.2, 0.25) is 0 Å². The summed E-state index contributed by atoms with van der Waals surface area (Å²) < 4.78 is 20.3. The molecule has 0 heterocycles. The molecular formula is C29H31FO3. The van der Waals surface area contributed by atoms with Crippen LogP contribution in [0.2, 0.25) is 0 Å². The van der Waals surface area contributed by atoms with Crippen molar-refractivity contribution in [3.63, 3.8) is 0 Å². The van der Waals surface area contributed by atoms with Gasteiger partial charge < -0.3 is 9.84 Å². The summed E-state index contributed by atoms with van der Waals surface area (Å²) in [6.07, 6.45) is 6.22. The minimum Gasteiger partial charge on any atom is -0.458 e. The Bertz CT molecular complexity index is 1090. The second-order valence-corrected chi connectivity index (χ2v) is 8.12. The Hall–Kier alpha value is -3.24. The van der Waals surface area contributed by atoms with Crippen LogP contribution in [0.15, 0.2) is 73.3 Å². The Labute approximate surface area is 195 Å². The molecule has 1 N–H and O–H groups in total. The van der Waals surface area contributed by atoms with Crippen LogP contribution in [0.4, 0.5) is 4.39 Å². The van der Waals surface area contributed by atoms with Crippen LogP contribution in [0.3, 0.4) is 0 Å². The van der Waals surface area contributed by atoms with E-state index in [2.05, 4.69) is 25.6 Å². The van der Waals surface area contributed by atoms with Gasteiger partial charge in [-0.3, -0.25) is 0 Å². The summed E-state index contributed by atoms with van der Waals surface area (Å²) in [6, 6.07) is 19.1. The molecule has 0 aliphatic rings. The van der Waals surface area contributed by atoms with E-state index >= 15 is 4.39 Å². The Morgan fingerprint density at radius 2 is 1.67 bits per heavy atom. The third-order valence-corrected chi connectivity index (χ3v) is 5.76. The normalized spacial score (nSPS) is 10.8. The molecule has 0 fully saturated rings. The van der Waals surface area contributed by atoms with Crippen molar-refractivity contribution in [1.29, 1.82) is 0 Å². The molecule has 0 unspecified atom stereocenters. The molecule has 0 aliphatic heterocycles. The van der Waals surface area contributed by atoms with Crippen LogP contribution < -0.4 is 0 Å². The molecule has 3 aromatic carbocycles. The molecule has 0 radical (unpaired) electrons. The van der Waals surface area contributed by atoms with Crippen molar-refractivity contribution in [2.75, 3.05) is 6.61 Å². The van der Waals surface area contributed by atoms with Gasteiger partial charge in [0.15, 0.2) is 0 Å². The molecule has 3 rings (SSSR count). The number of benzene rings is 3. The highest BCUT2D eigenvalue weighted by molar-refractivity contribution is 5.81. The van der Waals surface area contributed by atoms with Crippen molar-refractivity contribution in [2.45, 2.75) is 45.6 Å². The van der Waals surface area contributed by atoms with Gasteiger partial charge in [0.05, 0.1) is 0 Å². The van der Waals surface area contributed by atoms with Gasteiger partial charge in [-0.1, -0.05) is 74.9 Å². The molecule has 33 heavy (non-hydrogen) atoms. The maximum atomic E-state index is 15.1. The van der Waals surface area contributed by atoms with Crippen LogP contribution in [0.25, 0.3) is 22.3 Å². The van der Waals surface area contributed by atoms with E-state index in [1.807, 2.05) is 36.4 Å². The zero-order valence-corrected chi connectivity index (χ0v) is 19.1. The van der Waals surface area contributed by atoms with Gasteiger partial charge in [-0.05, 0) is 64.8 Å². The molecule has 0 saturated heterocycles. The summed E-state index contributed by atoms with van der Waals surface area (Å²) in [5.41, 5.74) is 5.87. The third kappa shape index (κ3) is 6.62. The summed E-state index contributed by atoms with van der Waals surface area (Å²) in [5.74, 6) is -0.842. The van der Waals surface area contributed by atoms with Crippen molar-refractivity contribution in [3.05, 3.63) is 95.8 Å². The fraction of sp³-hybridized carbons (Fsp3) is 0.276. The first kappa shape index (κ1) is 24.4. The maximum absolute atomic E-state index is 15.1. The largest absolute Gasteiger partial charge is 0.458 e. The molecule has 0 spiro atoms. The number of carbonyl (C=O) groups excluding carboxylic acids is 1. The fourth-order valence-corrected chi connectivity index (χ4v) is 3.87. The van der Waals surface area contributed by atoms with Crippen molar-refractivity contribution in [3.8, 4) is 22.3 Å². The number of halogens is 1. The first-order chi connectivity index (χ1) is 16.0. The smallest absolute Gasteiger partial charge is 0.330 e. The second-order valence-electron chi connectivity index (χ2n) is 8.12. The van der Waals surface area contributed by atoms with Gasteiger partial charge in [0, 0.05) is 18.2 Å². The Balaban J connectivity index is 1.82. The minimum atomic E-state index is -0.526. The Morgan fingerprint density at radius 1 is 0.939 bits per heavy atom.